The van der Waals surface area contributed by atoms with Crippen molar-refractivity contribution < 1.29 is 14.3 Å². The molecule has 1 aliphatic rings. The highest BCUT2D eigenvalue weighted by molar-refractivity contribution is 8.15. The molecule has 1 fully saturated rings. The lowest BCUT2D eigenvalue weighted by atomic mass is 10.1. The van der Waals surface area contributed by atoms with Crippen LogP contribution in [0.1, 0.15) is 11.1 Å². The van der Waals surface area contributed by atoms with Crippen molar-refractivity contribution in [2.45, 2.75) is 6.61 Å². The molecule has 3 rings (SSSR count). The van der Waals surface area contributed by atoms with Crippen LogP contribution >= 0.6 is 11.8 Å². The second kappa shape index (κ2) is 8.34. The predicted molar refractivity (Wildman–Crippen MR) is 99.4 cm³/mol. The number of hydrogen-bond acceptors (Lipinski definition) is 6. The van der Waals surface area contributed by atoms with Crippen LogP contribution in [0.4, 0.5) is 0 Å². The maximum Gasteiger partial charge on any atom is 0.236 e. The number of methoxy groups -OCH3 is 1. The highest BCUT2D eigenvalue weighted by Gasteiger charge is 2.15. The van der Waals surface area contributed by atoms with Crippen LogP contribution in [0.5, 0.6) is 11.5 Å². The predicted octanol–water partition coefficient (Wildman–Crippen LogP) is 2.83. The number of benzene rings is 2. The molecule has 1 N–H and O–H groups in total. The van der Waals surface area contributed by atoms with E-state index in [1.807, 2.05) is 48.5 Å². The summed E-state index contributed by atoms with van der Waals surface area (Å²) in [6, 6.07) is 15.3. The van der Waals surface area contributed by atoms with E-state index in [9.17, 15) is 4.79 Å². The molecule has 0 aromatic heterocycles. The number of carbonyl (C=O) groups excluding carboxylic acids is 1. The number of nitrogens with one attached hydrogen (secondary N) is 1. The molecule has 0 bridgehead atoms. The number of ether oxygens (including phenoxy) is 2. The fourth-order valence-corrected chi connectivity index (χ4v) is 2.83. The smallest absolute Gasteiger partial charge is 0.236 e. The van der Waals surface area contributed by atoms with Gasteiger partial charge >= 0.3 is 0 Å². The van der Waals surface area contributed by atoms with Crippen LogP contribution in [0.3, 0.4) is 0 Å². The maximum absolute atomic E-state index is 11.1. The van der Waals surface area contributed by atoms with Crippen LogP contribution < -0.4 is 14.8 Å². The number of para-hydroxylation sites is 1. The van der Waals surface area contributed by atoms with Gasteiger partial charge < -0.3 is 14.8 Å². The third-order valence-electron chi connectivity index (χ3n) is 3.38. The minimum atomic E-state index is -0.0521. The van der Waals surface area contributed by atoms with Crippen LogP contribution in [0.2, 0.25) is 0 Å². The summed E-state index contributed by atoms with van der Waals surface area (Å²) in [6.45, 7) is 0.384. The summed E-state index contributed by atoms with van der Waals surface area (Å²) in [6.07, 6.45) is 1.63. The Balaban J connectivity index is 1.70. The van der Waals surface area contributed by atoms with E-state index < -0.39 is 0 Å². The zero-order chi connectivity index (χ0) is 17.5. The van der Waals surface area contributed by atoms with Gasteiger partial charge in [0.05, 0.1) is 19.1 Å². The third-order valence-corrected chi connectivity index (χ3v) is 4.25. The first-order valence-electron chi connectivity index (χ1n) is 7.63. The second-order valence-electron chi connectivity index (χ2n) is 5.16. The SMILES string of the molecule is COc1ccc(C=NN=C2NC(=O)CS2)cc1COc1ccccc1. The van der Waals surface area contributed by atoms with E-state index in [1.54, 1.807) is 13.3 Å². The monoisotopic (exact) mass is 355 g/mol. The fourth-order valence-electron chi connectivity index (χ4n) is 2.20. The van der Waals surface area contributed by atoms with Gasteiger partial charge in [-0.2, -0.15) is 5.10 Å². The normalized spacial score (nSPS) is 15.6. The average Bonchev–Trinajstić information content (AvgIpc) is 3.06. The molecular formula is C18H17N3O3S. The molecular weight excluding hydrogens is 338 g/mol. The van der Waals surface area contributed by atoms with Crippen LogP contribution in [-0.2, 0) is 11.4 Å². The number of carbonyl (C=O) groups is 1. The molecule has 128 valence electrons. The summed E-state index contributed by atoms with van der Waals surface area (Å²) in [5.74, 6) is 1.88. The van der Waals surface area contributed by atoms with Gasteiger partial charge in [-0.3, -0.25) is 4.79 Å². The van der Waals surface area contributed by atoms with Gasteiger partial charge in [-0.25, -0.2) is 0 Å². The minimum absolute atomic E-state index is 0.0521. The molecule has 1 saturated heterocycles. The summed E-state index contributed by atoms with van der Waals surface area (Å²) in [7, 11) is 1.63. The van der Waals surface area contributed by atoms with E-state index in [0.717, 1.165) is 22.6 Å². The lowest BCUT2D eigenvalue weighted by Crippen LogP contribution is -2.19. The lowest BCUT2D eigenvalue weighted by molar-refractivity contribution is -0.116. The molecule has 25 heavy (non-hydrogen) atoms. The molecule has 0 saturated carbocycles. The van der Waals surface area contributed by atoms with Gasteiger partial charge in [0.2, 0.25) is 5.91 Å². The molecule has 7 heteroatoms. The van der Waals surface area contributed by atoms with Crippen molar-refractivity contribution in [1.82, 2.24) is 5.32 Å². The largest absolute Gasteiger partial charge is 0.496 e. The Morgan fingerprint density at radius 3 is 2.80 bits per heavy atom. The number of thioether (sulfide) groups is 1. The number of hydrogen-bond donors (Lipinski definition) is 1. The topological polar surface area (TPSA) is 72.3 Å². The first kappa shape index (κ1) is 17.0. The highest BCUT2D eigenvalue weighted by Crippen LogP contribution is 2.21. The van der Waals surface area contributed by atoms with Crippen molar-refractivity contribution in [2.24, 2.45) is 10.2 Å². The second-order valence-corrected chi connectivity index (χ2v) is 6.12. The highest BCUT2D eigenvalue weighted by atomic mass is 32.2. The molecule has 6 nitrogen and oxygen atoms in total. The van der Waals surface area contributed by atoms with Gasteiger partial charge in [-0.15, -0.1) is 5.10 Å². The van der Waals surface area contributed by atoms with Gasteiger partial charge in [0.25, 0.3) is 0 Å². The van der Waals surface area contributed by atoms with Crippen molar-refractivity contribution in [3.8, 4) is 11.5 Å². The summed E-state index contributed by atoms with van der Waals surface area (Å²) in [5.41, 5.74) is 1.78. The molecule has 1 amide bonds. The van der Waals surface area contributed by atoms with E-state index in [4.69, 9.17) is 9.47 Å². The van der Waals surface area contributed by atoms with Crippen molar-refractivity contribution in [3.05, 3.63) is 59.7 Å². The van der Waals surface area contributed by atoms with Crippen molar-refractivity contribution in [1.29, 1.82) is 0 Å². The Kier molecular flexibility index (Phi) is 5.69. The third kappa shape index (κ3) is 4.84. The van der Waals surface area contributed by atoms with Crippen molar-refractivity contribution in [2.75, 3.05) is 12.9 Å². The number of rotatable bonds is 6. The standard InChI is InChI=1S/C18H17N3O3S/c1-23-16-8-7-13(10-19-21-18-20-17(22)12-25-18)9-14(16)11-24-15-5-3-2-4-6-15/h2-10H,11-12H2,1H3,(H,20,21,22). The van der Waals surface area contributed by atoms with Crippen molar-refractivity contribution >= 4 is 29.1 Å². The summed E-state index contributed by atoms with van der Waals surface area (Å²) in [4.78, 5) is 11.1. The zero-order valence-electron chi connectivity index (χ0n) is 13.6. The van der Waals surface area contributed by atoms with Gasteiger partial charge in [-0.05, 0) is 35.9 Å². The molecule has 2 aromatic rings. The summed E-state index contributed by atoms with van der Waals surface area (Å²) < 4.78 is 11.2. The fraction of sp³-hybridized carbons (Fsp3) is 0.167. The molecule has 0 atom stereocenters. The van der Waals surface area contributed by atoms with Crippen LogP contribution in [-0.4, -0.2) is 30.2 Å². The minimum Gasteiger partial charge on any atom is -0.496 e. The lowest BCUT2D eigenvalue weighted by Gasteiger charge is -2.11. The van der Waals surface area contributed by atoms with Gasteiger partial charge in [-0.1, -0.05) is 30.0 Å². The molecule has 0 unspecified atom stereocenters. The van der Waals surface area contributed by atoms with E-state index in [0.29, 0.717) is 17.5 Å². The Hall–Kier alpha value is -2.80. The Morgan fingerprint density at radius 1 is 1.24 bits per heavy atom. The van der Waals surface area contributed by atoms with Crippen LogP contribution in [0, 0.1) is 0 Å². The van der Waals surface area contributed by atoms with Crippen molar-refractivity contribution in [3.63, 3.8) is 0 Å². The Bertz CT molecular complexity index is 806. The summed E-state index contributed by atoms with van der Waals surface area (Å²) in [5, 5.41) is 11.2. The molecule has 1 heterocycles. The number of nitrogens with zero attached hydrogens (tertiary/aromatic N) is 2. The van der Waals surface area contributed by atoms with Crippen LogP contribution in [0.25, 0.3) is 0 Å². The number of amides is 1. The number of amidine groups is 1. The Morgan fingerprint density at radius 2 is 2.08 bits per heavy atom. The van der Waals surface area contributed by atoms with E-state index in [-0.39, 0.29) is 5.91 Å². The van der Waals surface area contributed by atoms with E-state index in [1.165, 1.54) is 11.8 Å². The quantitative estimate of drug-likeness (QED) is 0.639. The van der Waals surface area contributed by atoms with Gasteiger partial charge in [0.15, 0.2) is 5.17 Å². The van der Waals surface area contributed by atoms with Crippen LogP contribution in [0.15, 0.2) is 58.7 Å². The molecule has 0 aliphatic carbocycles. The van der Waals surface area contributed by atoms with E-state index >= 15 is 0 Å². The average molecular weight is 355 g/mol. The Labute approximate surface area is 149 Å². The summed E-state index contributed by atoms with van der Waals surface area (Å²) >= 11 is 1.34. The maximum atomic E-state index is 11.1. The van der Waals surface area contributed by atoms with Gasteiger partial charge in [0, 0.05) is 5.56 Å². The zero-order valence-corrected chi connectivity index (χ0v) is 14.5. The molecule has 0 radical (unpaired) electrons. The first-order chi connectivity index (χ1) is 12.2. The van der Waals surface area contributed by atoms with Gasteiger partial charge in [0.1, 0.15) is 18.1 Å². The first-order valence-corrected chi connectivity index (χ1v) is 8.61. The molecule has 1 aliphatic heterocycles. The molecule has 0 spiro atoms. The van der Waals surface area contributed by atoms with E-state index in [2.05, 4.69) is 15.5 Å². The molecule has 2 aromatic carbocycles.